The normalized spacial score (nSPS) is 12.2. The van der Waals surface area contributed by atoms with E-state index in [0.29, 0.717) is 29.0 Å². The molecule has 0 aliphatic rings. The van der Waals surface area contributed by atoms with Crippen LogP contribution in [0.15, 0.2) is 46.9 Å². The van der Waals surface area contributed by atoms with Gasteiger partial charge in [-0.1, -0.05) is 18.2 Å². The van der Waals surface area contributed by atoms with Crippen molar-refractivity contribution in [2.75, 3.05) is 5.32 Å². The molecule has 2 amide bonds. The van der Waals surface area contributed by atoms with Crippen molar-refractivity contribution in [1.82, 2.24) is 5.32 Å². The number of rotatable bonds is 3. The van der Waals surface area contributed by atoms with E-state index in [4.69, 9.17) is 4.42 Å². The highest BCUT2D eigenvalue weighted by atomic mass is 19.4. The molecule has 0 saturated carbocycles. The Kier molecular flexibility index (Phi) is 5.20. The van der Waals surface area contributed by atoms with Crippen LogP contribution in [-0.2, 0) is 18.9 Å². The minimum absolute atomic E-state index is 0.00987. The first-order valence-corrected chi connectivity index (χ1v) is 8.26. The van der Waals surface area contributed by atoms with Crippen LogP contribution in [0.2, 0.25) is 0 Å². The summed E-state index contributed by atoms with van der Waals surface area (Å²) in [5.41, 5.74) is -2.41. The number of fused-ring (bicyclic) bond motifs is 1. The van der Waals surface area contributed by atoms with Gasteiger partial charge in [0, 0.05) is 23.2 Å². The van der Waals surface area contributed by atoms with E-state index >= 15 is 0 Å². The smallest absolute Gasteiger partial charge is 0.416 e. The second-order valence-corrected chi connectivity index (χ2v) is 6.24. The van der Waals surface area contributed by atoms with Crippen LogP contribution in [-0.4, -0.2) is 6.03 Å². The fourth-order valence-corrected chi connectivity index (χ4v) is 2.81. The van der Waals surface area contributed by atoms with Crippen LogP contribution in [0.3, 0.4) is 0 Å². The molecule has 29 heavy (non-hydrogen) atoms. The molecule has 3 rings (SSSR count). The van der Waals surface area contributed by atoms with Crippen molar-refractivity contribution in [3.8, 4) is 0 Å². The molecular formula is C19H14F6N2O2. The highest BCUT2D eigenvalue weighted by molar-refractivity contribution is 5.90. The predicted molar refractivity (Wildman–Crippen MR) is 93.3 cm³/mol. The van der Waals surface area contributed by atoms with Crippen molar-refractivity contribution in [2.24, 2.45) is 0 Å². The van der Waals surface area contributed by atoms with Crippen molar-refractivity contribution >= 4 is 22.7 Å². The molecule has 0 bridgehead atoms. The number of carbonyl (C=O) groups is 1. The molecule has 4 nitrogen and oxygen atoms in total. The molecule has 0 radical (unpaired) electrons. The molecule has 0 aliphatic heterocycles. The van der Waals surface area contributed by atoms with Crippen LogP contribution in [0.1, 0.15) is 22.5 Å². The first-order valence-electron chi connectivity index (χ1n) is 8.26. The number of hydrogen-bond acceptors (Lipinski definition) is 2. The molecule has 154 valence electrons. The minimum Gasteiger partial charge on any atom is -0.461 e. The lowest BCUT2D eigenvalue weighted by atomic mass is 10.1. The monoisotopic (exact) mass is 416 g/mol. The number of urea groups is 1. The largest absolute Gasteiger partial charge is 0.461 e. The third-order valence-electron chi connectivity index (χ3n) is 4.17. The highest BCUT2D eigenvalue weighted by Crippen LogP contribution is 2.37. The van der Waals surface area contributed by atoms with E-state index < -0.39 is 35.2 Å². The minimum atomic E-state index is -5.00. The number of anilines is 1. The van der Waals surface area contributed by atoms with Gasteiger partial charge in [-0.15, -0.1) is 0 Å². The first kappa shape index (κ1) is 20.6. The fourth-order valence-electron chi connectivity index (χ4n) is 2.81. The van der Waals surface area contributed by atoms with Gasteiger partial charge in [-0.05, 0) is 31.2 Å². The van der Waals surface area contributed by atoms with Crippen molar-refractivity contribution < 1.29 is 35.6 Å². The number of halogens is 6. The van der Waals surface area contributed by atoms with Crippen molar-refractivity contribution in [3.05, 3.63) is 64.9 Å². The third-order valence-corrected chi connectivity index (χ3v) is 4.17. The Balaban J connectivity index is 1.79. The van der Waals surface area contributed by atoms with E-state index in [1.165, 1.54) is 0 Å². The van der Waals surface area contributed by atoms with Gasteiger partial charge in [-0.25, -0.2) is 4.79 Å². The Morgan fingerprint density at radius 3 is 2.14 bits per heavy atom. The van der Waals surface area contributed by atoms with Gasteiger partial charge < -0.3 is 15.1 Å². The molecule has 1 heterocycles. The van der Waals surface area contributed by atoms with Crippen LogP contribution in [0.5, 0.6) is 0 Å². The maximum Gasteiger partial charge on any atom is 0.416 e. The van der Waals surface area contributed by atoms with E-state index in [2.05, 4.69) is 5.32 Å². The molecule has 10 heteroatoms. The second kappa shape index (κ2) is 7.34. The Labute approximate surface area is 160 Å². The molecule has 3 aromatic rings. The van der Waals surface area contributed by atoms with Crippen LogP contribution < -0.4 is 10.6 Å². The SMILES string of the molecule is Cc1oc2ccccc2c1CNC(=O)Nc1cc(C(F)(F)F)cc(C(F)(F)F)c1. The molecule has 0 aliphatic carbocycles. The van der Waals surface area contributed by atoms with E-state index in [-0.39, 0.29) is 12.6 Å². The predicted octanol–water partition coefficient (Wildman–Crippen LogP) is 6.10. The topological polar surface area (TPSA) is 54.3 Å². The molecule has 0 atom stereocenters. The number of carbonyl (C=O) groups excluding carboxylic acids is 1. The zero-order valence-corrected chi connectivity index (χ0v) is 14.8. The zero-order chi connectivity index (χ0) is 21.4. The van der Waals surface area contributed by atoms with Gasteiger partial charge in [0.15, 0.2) is 0 Å². The van der Waals surface area contributed by atoms with Crippen molar-refractivity contribution in [2.45, 2.75) is 25.8 Å². The molecular weight excluding hydrogens is 402 g/mol. The third kappa shape index (κ3) is 4.64. The lowest BCUT2D eigenvalue weighted by Crippen LogP contribution is -2.28. The summed E-state index contributed by atoms with van der Waals surface area (Å²) in [5.74, 6) is 0.532. The van der Waals surface area contributed by atoms with Crippen molar-refractivity contribution in [1.29, 1.82) is 0 Å². The van der Waals surface area contributed by atoms with Gasteiger partial charge in [0.1, 0.15) is 11.3 Å². The summed E-state index contributed by atoms with van der Waals surface area (Å²) in [5, 5.41) is 5.17. The average Bonchev–Trinajstić information content (AvgIpc) is 2.93. The second-order valence-electron chi connectivity index (χ2n) is 6.24. The molecule has 0 saturated heterocycles. The van der Waals surface area contributed by atoms with Crippen molar-refractivity contribution in [3.63, 3.8) is 0 Å². The fraction of sp³-hybridized carbons (Fsp3) is 0.211. The van der Waals surface area contributed by atoms with E-state index in [1.807, 2.05) is 5.32 Å². The van der Waals surface area contributed by atoms with Crippen LogP contribution in [0.25, 0.3) is 11.0 Å². The number of furan rings is 1. The lowest BCUT2D eigenvalue weighted by Gasteiger charge is -2.15. The van der Waals surface area contributed by atoms with Gasteiger partial charge >= 0.3 is 18.4 Å². The number of aryl methyl sites for hydroxylation is 1. The summed E-state index contributed by atoms with van der Waals surface area (Å²) < 4.78 is 82.9. The Morgan fingerprint density at radius 1 is 0.966 bits per heavy atom. The number of nitrogens with one attached hydrogen (secondary N) is 2. The van der Waals surface area contributed by atoms with Gasteiger partial charge in [-0.3, -0.25) is 0 Å². The molecule has 0 spiro atoms. The van der Waals surface area contributed by atoms with Gasteiger partial charge in [0.25, 0.3) is 0 Å². The Bertz CT molecular complexity index is 1020. The summed E-state index contributed by atoms with van der Waals surface area (Å²) in [6, 6.07) is 6.94. The summed E-state index contributed by atoms with van der Waals surface area (Å²) in [7, 11) is 0. The number of benzene rings is 2. The van der Waals surface area contributed by atoms with Crippen LogP contribution in [0, 0.1) is 6.92 Å². The number of para-hydroxylation sites is 1. The van der Waals surface area contributed by atoms with E-state index in [9.17, 15) is 31.1 Å². The Hall–Kier alpha value is -3.17. The summed E-state index contributed by atoms with van der Waals surface area (Å²) in [6.45, 7) is 1.65. The maximum atomic E-state index is 12.9. The molecule has 2 aromatic carbocycles. The van der Waals surface area contributed by atoms with E-state index in [0.717, 1.165) is 5.39 Å². The van der Waals surface area contributed by atoms with Crippen LogP contribution >= 0.6 is 0 Å². The number of amides is 2. The van der Waals surface area contributed by atoms with E-state index in [1.54, 1.807) is 31.2 Å². The standard InChI is InChI=1S/C19H14F6N2O2/c1-10-15(14-4-2-3-5-16(14)29-10)9-26-17(28)27-13-7-11(18(20,21)22)6-12(8-13)19(23,24)25/h2-8H,9H2,1H3,(H2,26,27,28). The number of hydrogen-bond donors (Lipinski definition) is 2. The Morgan fingerprint density at radius 2 is 1.55 bits per heavy atom. The summed E-state index contributed by atoms with van der Waals surface area (Å²) in [6.07, 6.45) is -10.00. The highest BCUT2D eigenvalue weighted by Gasteiger charge is 2.37. The lowest BCUT2D eigenvalue weighted by molar-refractivity contribution is -0.143. The summed E-state index contributed by atoms with van der Waals surface area (Å²) in [4.78, 5) is 12.1. The average molecular weight is 416 g/mol. The molecule has 1 aromatic heterocycles. The molecule has 0 fully saturated rings. The first-order chi connectivity index (χ1) is 13.4. The van der Waals surface area contributed by atoms with Gasteiger partial charge in [-0.2, -0.15) is 26.3 Å². The van der Waals surface area contributed by atoms with Crippen LogP contribution in [0.4, 0.5) is 36.8 Å². The molecule has 2 N–H and O–H groups in total. The maximum absolute atomic E-state index is 12.9. The van der Waals surface area contributed by atoms with Gasteiger partial charge in [0.2, 0.25) is 0 Å². The molecule has 0 unspecified atom stereocenters. The number of alkyl halides is 6. The quantitative estimate of drug-likeness (QED) is 0.507. The summed E-state index contributed by atoms with van der Waals surface area (Å²) >= 11 is 0. The van der Waals surface area contributed by atoms with Gasteiger partial charge in [0.05, 0.1) is 11.1 Å². The zero-order valence-electron chi connectivity index (χ0n) is 14.8.